The molecule has 4 heteroatoms. The van der Waals surface area contributed by atoms with Crippen LogP contribution in [-0.4, -0.2) is 23.9 Å². The average Bonchev–Trinajstić information content (AvgIpc) is 3.26. The lowest BCUT2D eigenvalue weighted by Gasteiger charge is -2.39. The second-order valence-corrected chi connectivity index (χ2v) is 8.62. The second-order valence-electron chi connectivity index (χ2n) is 8.62. The van der Waals surface area contributed by atoms with E-state index in [-0.39, 0.29) is 34.7 Å². The van der Waals surface area contributed by atoms with Crippen molar-refractivity contribution in [3.8, 4) is 0 Å². The fourth-order valence-corrected chi connectivity index (χ4v) is 3.41. The molecule has 0 heterocycles. The van der Waals surface area contributed by atoms with E-state index in [0.29, 0.717) is 11.8 Å². The lowest BCUT2D eigenvalue weighted by molar-refractivity contribution is -0.133. The van der Waals surface area contributed by atoms with Gasteiger partial charge >= 0.3 is 0 Å². The van der Waals surface area contributed by atoms with Crippen LogP contribution < -0.4 is 10.6 Å². The normalized spacial score (nSPS) is 29.7. The van der Waals surface area contributed by atoms with Crippen LogP contribution in [0.5, 0.6) is 0 Å². The summed E-state index contributed by atoms with van der Waals surface area (Å²) in [4.78, 5) is 24.7. The first-order chi connectivity index (χ1) is 10.3. The minimum atomic E-state index is -0.335. The molecule has 0 spiro atoms. The quantitative estimate of drug-likeness (QED) is 0.792. The van der Waals surface area contributed by atoms with E-state index in [4.69, 9.17) is 0 Å². The SMILES string of the molecule is CC(C)C(C)(C)C(=O)NC1CC(NC(=O)C2(C3CC3)CC2)C1. The predicted octanol–water partition coefficient (Wildman–Crippen LogP) is 2.62. The van der Waals surface area contributed by atoms with E-state index in [1.807, 2.05) is 13.8 Å². The molecule has 4 nitrogen and oxygen atoms in total. The largest absolute Gasteiger partial charge is 0.353 e. The van der Waals surface area contributed by atoms with Gasteiger partial charge in [0.05, 0.1) is 5.41 Å². The van der Waals surface area contributed by atoms with Crippen molar-refractivity contribution in [3.63, 3.8) is 0 Å². The zero-order valence-corrected chi connectivity index (χ0v) is 14.4. The van der Waals surface area contributed by atoms with Gasteiger partial charge < -0.3 is 10.6 Å². The topological polar surface area (TPSA) is 58.2 Å². The maximum atomic E-state index is 12.4. The summed E-state index contributed by atoms with van der Waals surface area (Å²) in [6, 6.07) is 0.489. The summed E-state index contributed by atoms with van der Waals surface area (Å²) in [6.07, 6.45) is 6.40. The molecule has 124 valence electrons. The highest BCUT2D eigenvalue weighted by Gasteiger charge is 2.59. The first-order valence-electron chi connectivity index (χ1n) is 8.87. The van der Waals surface area contributed by atoms with Crippen molar-refractivity contribution in [1.29, 1.82) is 0 Å². The van der Waals surface area contributed by atoms with Gasteiger partial charge in [0, 0.05) is 17.5 Å². The highest BCUT2D eigenvalue weighted by atomic mass is 16.2. The van der Waals surface area contributed by atoms with Gasteiger partial charge in [-0.3, -0.25) is 9.59 Å². The minimum absolute atomic E-state index is 0.00791. The van der Waals surface area contributed by atoms with Crippen LogP contribution in [-0.2, 0) is 9.59 Å². The highest BCUT2D eigenvalue weighted by molar-refractivity contribution is 5.86. The zero-order valence-electron chi connectivity index (χ0n) is 14.4. The molecule has 22 heavy (non-hydrogen) atoms. The Morgan fingerprint density at radius 2 is 1.59 bits per heavy atom. The van der Waals surface area contributed by atoms with Crippen molar-refractivity contribution in [3.05, 3.63) is 0 Å². The van der Waals surface area contributed by atoms with Gasteiger partial charge in [0.15, 0.2) is 0 Å². The van der Waals surface area contributed by atoms with E-state index < -0.39 is 0 Å². The van der Waals surface area contributed by atoms with Gasteiger partial charge in [0.25, 0.3) is 0 Å². The third-order valence-corrected chi connectivity index (χ3v) is 6.44. The smallest absolute Gasteiger partial charge is 0.226 e. The van der Waals surface area contributed by atoms with Gasteiger partial charge in [0.2, 0.25) is 11.8 Å². The number of hydrogen-bond donors (Lipinski definition) is 2. The number of carbonyl (C=O) groups is 2. The van der Waals surface area contributed by atoms with Gasteiger partial charge in [-0.1, -0.05) is 27.7 Å². The highest BCUT2D eigenvalue weighted by Crippen LogP contribution is 2.61. The van der Waals surface area contributed by atoms with E-state index in [1.165, 1.54) is 12.8 Å². The minimum Gasteiger partial charge on any atom is -0.353 e. The lowest BCUT2D eigenvalue weighted by Crippen LogP contribution is -2.57. The average molecular weight is 306 g/mol. The Bertz CT molecular complexity index is 447. The van der Waals surface area contributed by atoms with E-state index in [0.717, 1.165) is 25.7 Å². The maximum absolute atomic E-state index is 12.4. The molecule has 0 aromatic carbocycles. The molecule has 0 atom stereocenters. The van der Waals surface area contributed by atoms with Crippen LogP contribution in [0, 0.1) is 22.7 Å². The summed E-state index contributed by atoms with van der Waals surface area (Å²) in [6.45, 7) is 8.15. The van der Waals surface area contributed by atoms with Crippen LogP contribution >= 0.6 is 0 Å². The Labute approximate surface area is 133 Å². The molecular formula is C18H30N2O2. The third-order valence-electron chi connectivity index (χ3n) is 6.44. The van der Waals surface area contributed by atoms with Crippen molar-refractivity contribution < 1.29 is 9.59 Å². The molecule has 3 aliphatic carbocycles. The summed E-state index contributed by atoms with van der Waals surface area (Å²) >= 11 is 0. The standard InChI is InChI=1S/C18H30N2O2/c1-11(2)17(3,4)15(21)19-13-9-14(10-13)20-16(22)18(7-8-18)12-5-6-12/h11-14H,5-10H2,1-4H3,(H,19,21)(H,20,22). The number of carbonyl (C=O) groups excluding carboxylic acids is 2. The van der Waals surface area contributed by atoms with Crippen molar-refractivity contribution in [2.45, 2.75) is 78.3 Å². The zero-order chi connectivity index (χ0) is 16.1. The number of rotatable bonds is 6. The summed E-state index contributed by atoms with van der Waals surface area (Å²) in [7, 11) is 0. The Kier molecular flexibility index (Phi) is 3.77. The Morgan fingerprint density at radius 1 is 1.05 bits per heavy atom. The lowest BCUT2D eigenvalue weighted by atomic mass is 9.78. The molecule has 0 aromatic rings. The van der Waals surface area contributed by atoms with Gasteiger partial charge in [0.1, 0.15) is 0 Å². The molecule has 0 unspecified atom stereocenters. The molecule has 3 rings (SSSR count). The molecule has 2 amide bonds. The van der Waals surface area contributed by atoms with Crippen molar-refractivity contribution >= 4 is 11.8 Å². The molecule has 0 aromatic heterocycles. The first-order valence-corrected chi connectivity index (χ1v) is 8.87. The van der Waals surface area contributed by atoms with Crippen molar-refractivity contribution in [2.75, 3.05) is 0 Å². The van der Waals surface area contributed by atoms with Gasteiger partial charge in [-0.25, -0.2) is 0 Å². The Morgan fingerprint density at radius 3 is 2.05 bits per heavy atom. The molecule has 3 aliphatic rings. The molecule has 0 bridgehead atoms. The van der Waals surface area contributed by atoms with Gasteiger partial charge in [-0.15, -0.1) is 0 Å². The maximum Gasteiger partial charge on any atom is 0.226 e. The molecule has 2 N–H and O–H groups in total. The molecule has 0 saturated heterocycles. The predicted molar refractivity (Wildman–Crippen MR) is 86.1 cm³/mol. The summed E-state index contributed by atoms with van der Waals surface area (Å²) in [5.41, 5.74) is -0.327. The summed E-state index contributed by atoms with van der Waals surface area (Å²) in [5.74, 6) is 1.40. The number of nitrogens with one attached hydrogen (secondary N) is 2. The van der Waals surface area contributed by atoms with Crippen molar-refractivity contribution in [1.82, 2.24) is 10.6 Å². The fraction of sp³-hybridized carbons (Fsp3) is 0.889. The van der Waals surface area contributed by atoms with E-state index in [2.05, 4.69) is 24.5 Å². The summed E-state index contributed by atoms with van der Waals surface area (Å²) in [5, 5.41) is 6.36. The van der Waals surface area contributed by atoms with Crippen LogP contribution in [0.2, 0.25) is 0 Å². The molecule has 0 aliphatic heterocycles. The van der Waals surface area contributed by atoms with E-state index >= 15 is 0 Å². The van der Waals surface area contributed by atoms with Crippen LogP contribution in [0.1, 0.15) is 66.2 Å². The molecule has 3 fully saturated rings. The van der Waals surface area contributed by atoms with Crippen LogP contribution in [0.15, 0.2) is 0 Å². The van der Waals surface area contributed by atoms with Crippen LogP contribution in [0.25, 0.3) is 0 Å². The summed E-state index contributed by atoms with van der Waals surface area (Å²) < 4.78 is 0. The Hall–Kier alpha value is -1.06. The van der Waals surface area contributed by atoms with E-state index in [9.17, 15) is 9.59 Å². The monoisotopic (exact) mass is 306 g/mol. The number of hydrogen-bond acceptors (Lipinski definition) is 2. The van der Waals surface area contributed by atoms with Gasteiger partial charge in [-0.2, -0.15) is 0 Å². The Balaban J connectivity index is 1.41. The van der Waals surface area contributed by atoms with Gasteiger partial charge in [-0.05, 0) is 50.4 Å². The van der Waals surface area contributed by atoms with Crippen LogP contribution in [0.4, 0.5) is 0 Å². The molecular weight excluding hydrogens is 276 g/mol. The molecule has 3 saturated carbocycles. The molecule has 0 radical (unpaired) electrons. The second kappa shape index (κ2) is 5.24. The van der Waals surface area contributed by atoms with Crippen molar-refractivity contribution in [2.24, 2.45) is 22.7 Å². The first kappa shape index (κ1) is 15.8. The number of amides is 2. The van der Waals surface area contributed by atoms with E-state index in [1.54, 1.807) is 0 Å². The fourth-order valence-electron chi connectivity index (χ4n) is 3.41. The third kappa shape index (κ3) is 2.77. The van der Waals surface area contributed by atoms with Crippen LogP contribution in [0.3, 0.4) is 0 Å².